The average molecular weight is 349 g/mol. The first-order valence-electron chi connectivity index (χ1n) is 8.29. The third kappa shape index (κ3) is 3.48. The Morgan fingerprint density at radius 1 is 1.12 bits per heavy atom. The SMILES string of the molecule is Cc1nc([C@H]2NC(=O)CN2Cc2ccc(-c3ccccc3)cc2)cs1. The molecule has 0 spiro atoms. The summed E-state index contributed by atoms with van der Waals surface area (Å²) in [6.45, 7) is 3.11. The first-order valence-corrected chi connectivity index (χ1v) is 9.17. The van der Waals surface area contributed by atoms with Crippen LogP contribution in [-0.2, 0) is 11.3 Å². The highest BCUT2D eigenvalue weighted by Crippen LogP contribution is 2.26. The Labute approximate surface area is 151 Å². The van der Waals surface area contributed by atoms with Crippen molar-refractivity contribution in [3.63, 3.8) is 0 Å². The second kappa shape index (κ2) is 6.78. The maximum Gasteiger partial charge on any atom is 0.235 e. The maximum absolute atomic E-state index is 11.9. The molecular formula is C20H19N3OS. The lowest BCUT2D eigenvalue weighted by atomic mass is 10.0. The Morgan fingerprint density at radius 3 is 2.52 bits per heavy atom. The fraction of sp³-hybridized carbons (Fsp3) is 0.200. The van der Waals surface area contributed by atoms with Crippen LogP contribution in [0.5, 0.6) is 0 Å². The smallest absolute Gasteiger partial charge is 0.235 e. The van der Waals surface area contributed by atoms with Crippen LogP contribution in [0.4, 0.5) is 0 Å². The van der Waals surface area contributed by atoms with Crippen molar-refractivity contribution in [2.45, 2.75) is 19.6 Å². The summed E-state index contributed by atoms with van der Waals surface area (Å²) in [5.41, 5.74) is 4.52. The Hall–Kier alpha value is -2.50. The molecule has 1 aliphatic heterocycles. The molecule has 1 saturated heterocycles. The van der Waals surface area contributed by atoms with Gasteiger partial charge in [0.15, 0.2) is 0 Å². The average Bonchev–Trinajstić information content (AvgIpc) is 3.22. The van der Waals surface area contributed by atoms with Gasteiger partial charge in [-0.3, -0.25) is 9.69 Å². The number of nitrogens with zero attached hydrogens (tertiary/aromatic N) is 2. The lowest BCUT2D eigenvalue weighted by molar-refractivity contribution is -0.118. The van der Waals surface area contributed by atoms with Gasteiger partial charge in [-0.2, -0.15) is 0 Å². The standard InChI is InChI=1S/C20H19N3OS/c1-14-21-18(13-25-14)20-22-19(24)12-23(20)11-15-7-9-17(10-8-15)16-5-3-2-4-6-16/h2-10,13,20H,11-12H2,1H3,(H,22,24)/t20-/m0/s1. The number of aryl methyl sites for hydroxylation is 1. The number of rotatable bonds is 4. The number of benzene rings is 2. The molecule has 1 N–H and O–H groups in total. The molecule has 1 amide bonds. The van der Waals surface area contributed by atoms with E-state index < -0.39 is 0 Å². The first kappa shape index (κ1) is 16.0. The van der Waals surface area contributed by atoms with Crippen molar-refractivity contribution in [1.29, 1.82) is 0 Å². The van der Waals surface area contributed by atoms with Gasteiger partial charge in [0.2, 0.25) is 5.91 Å². The molecule has 0 saturated carbocycles. The molecule has 1 atom stereocenters. The monoisotopic (exact) mass is 349 g/mol. The van der Waals surface area contributed by atoms with Crippen molar-refractivity contribution in [1.82, 2.24) is 15.2 Å². The quantitative estimate of drug-likeness (QED) is 0.780. The highest BCUT2D eigenvalue weighted by atomic mass is 32.1. The molecule has 1 aromatic heterocycles. The summed E-state index contributed by atoms with van der Waals surface area (Å²) in [4.78, 5) is 18.6. The zero-order valence-electron chi connectivity index (χ0n) is 14.0. The summed E-state index contributed by atoms with van der Waals surface area (Å²) in [6.07, 6.45) is -0.133. The van der Waals surface area contributed by atoms with Gasteiger partial charge in [-0.05, 0) is 23.6 Å². The number of carbonyl (C=O) groups excluding carboxylic acids is 1. The van der Waals surface area contributed by atoms with Crippen molar-refractivity contribution < 1.29 is 4.79 Å². The van der Waals surface area contributed by atoms with Crippen LogP contribution in [0.15, 0.2) is 60.0 Å². The molecule has 2 aromatic carbocycles. The molecule has 0 radical (unpaired) electrons. The third-order valence-corrected chi connectivity index (χ3v) is 5.16. The van der Waals surface area contributed by atoms with Gasteiger partial charge in [-0.15, -0.1) is 11.3 Å². The van der Waals surface area contributed by atoms with Gasteiger partial charge in [-0.25, -0.2) is 4.98 Å². The van der Waals surface area contributed by atoms with Gasteiger partial charge in [0.25, 0.3) is 0 Å². The Bertz CT molecular complexity index is 873. The van der Waals surface area contributed by atoms with E-state index in [1.807, 2.05) is 30.5 Å². The lowest BCUT2D eigenvalue weighted by Crippen LogP contribution is -2.27. The molecule has 0 bridgehead atoms. The van der Waals surface area contributed by atoms with Crippen LogP contribution in [-0.4, -0.2) is 22.3 Å². The van der Waals surface area contributed by atoms with Crippen LogP contribution in [0, 0.1) is 6.92 Å². The topological polar surface area (TPSA) is 45.2 Å². The van der Waals surface area contributed by atoms with E-state index in [2.05, 4.69) is 51.6 Å². The number of carbonyl (C=O) groups is 1. The predicted octanol–water partition coefficient (Wildman–Crippen LogP) is 3.75. The summed E-state index contributed by atoms with van der Waals surface area (Å²) >= 11 is 1.61. The molecule has 126 valence electrons. The number of hydrogen-bond acceptors (Lipinski definition) is 4. The van der Waals surface area contributed by atoms with E-state index in [0.717, 1.165) is 17.2 Å². The molecule has 5 heteroatoms. The molecule has 0 aliphatic carbocycles. The first-order chi connectivity index (χ1) is 12.2. The van der Waals surface area contributed by atoms with Gasteiger partial charge < -0.3 is 5.32 Å². The van der Waals surface area contributed by atoms with Crippen molar-refractivity contribution in [3.8, 4) is 11.1 Å². The minimum Gasteiger partial charge on any atom is -0.334 e. The van der Waals surface area contributed by atoms with Crippen molar-refractivity contribution in [2.75, 3.05) is 6.54 Å². The van der Waals surface area contributed by atoms with Crippen LogP contribution in [0.3, 0.4) is 0 Å². The fourth-order valence-electron chi connectivity index (χ4n) is 3.15. The molecule has 4 rings (SSSR count). The Morgan fingerprint density at radius 2 is 1.84 bits per heavy atom. The van der Waals surface area contributed by atoms with Gasteiger partial charge in [0, 0.05) is 11.9 Å². The van der Waals surface area contributed by atoms with Gasteiger partial charge in [0.1, 0.15) is 6.17 Å². The van der Waals surface area contributed by atoms with Gasteiger partial charge in [0.05, 0.1) is 17.2 Å². The highest BCUT2D eigenvalue weighted by molar-refractivity contribution is 7.09. The molecular weight excluding hydrogens is 330 g/mol. The van der Waals surface area contributed by atoms with Crippen molar-refractivity contribution in [2.24, 2.45) is 0 Å². The molecule has 1 aliphatic rings. The molecule has 4 nitrogen and oxygen atoms in total. The largest absolute Gasteiger partial charge is 0.334 e. The highest BCUT2D eigenvalue weighted by Gasteiger charge is 2.32. The molecule has 3 aromatic rings. The fourth-order valence-corrected chi connectivity index (χ4v) is 3.78. The Balaban J connectivity index is 1.51. The lowest BCUT2D eigenvalue weighted by Gasteiger charge is -2.21. The number of hydrogen-bond donors (Lipinski definition) is 1. The molecule has 1 fully saturated rings. The molecule has 2 heterocycles. The summed E-state index contributed by atoms with van der Waals surface area (Å²) in [7, 11) is 0. The van der Waals surface area contributed by atoms with E-state index in [0.29, 0.717) is 6.54 Å². The van der Waals surface area contributed by atoms with Crippen LogP contribution in [0.2, 0.25) is 0 Å². The van der Waals surface area contributed by atoms with Crippen LogP contribution >= 0.6 is 11.3 Å². The maximum atomic E-state index is 11.9. The Kier molecular flexibility index (Phi) is 4.34. The van der Waals surface area contributed by atoms with E-state index >= 15 is 0 Å². The molecule has 0 unspecified atom stereocenters. The zero-order chi connectivity index (χ0) is 17.2. The van der Waals surface area contributed by atoms with E-state index in [1.54, 1.807) is 11.3 Å². The molecule has 25 heavy (non-hydrogen) atoms. The van der Waals surface area contributed by atoms with Crippen molar-refractivity contribution in [3.05, 3.63) is 76.2 Å². The zero-order valence-corrected chi connectivity index (χ0v) is 14.8. The number of amides is 1. The third-order valence-electron chi connectivity index (χ3n) is 4.37. The van der Waals surface area contributed by atoms with E-state index in [4.69, 9.17) is 0 Å². The van der Waals surface area contributed by atoms with E-state index in [9.17, 15) is 4.79 Å². The van der Waals surface area contributed by atoms with Crippen LogP contribution in [0.25, 0.3) is 11.1 Å². The predicted molar refractivity (Wildman–Crippen MR) is 100 cm³/mol. The minimum atomic E-state index is -0.133. The summed E-state index contributed by atoms with van der Waals surface area (Å²) in [5.74, 6) is 0.0524. The van der Waals surface area contributed by atoms with E-state index in [1.165, 1.54) is 16.7 Å². The number of nitrogens with one attached hydrogen (secondary N) is 1. The normalized spacial score (nSPS) is 17.6. The van der Waals surface area contributed by atoms with Crippen molar-refractivity contribution >= 4 is 17.2 Å². The summed E-state index contributed by atoms with van der Waals surface area (Å²) in [6, 6.07) is 18.9. The van der Waals surface area contributed by atoms with Crippen LogP contribution in [0.1, 0.15) is 22.4 Å². The minimum absolute atomic E-state index is 0.0524. The second-order valence-corrected chi connectivity index (χ2v) is 7.29. The van der Waals surface area contributed by atoms with Crippen LogP contribution < -0.4 is 5.32 Å². The number of thiazole rings is 1. The van der Waals surface area contributed by atoms with E-state index in [-0.39, 0.29) is 12.1 Å². The number of aromatic nitrogens is 1. The van der Waals surface area contributed by atoms with Gasteiger partial charge in [-0.1, -0.05) is 54.6 Å². The van der Waals surface area contributed by atoms with Gasteiger partial charge >= 0.3 is 0 Å². The summed E-state index contributed by atoms with van der Waals surface area (Å²) < 4.78 is 0. The second-order valence-electron chi connectivity index (χ2n) is 6.23. The summed E-state index contributed by atoms with van der Waals surface area (Å²) in [5, 5.41) is 6.06.